The van der Waals surface area contributed by atoms with Gasteiger partial charge in [-0.3, -0.25) is 0 Å². The van der Waals surface area contributed by atoms with Crippen molar-refractivity contribution in [2.75, 3.05) is 13.2 Å². The molecule has 0 saturated heterocycles. The molecule has 0 bridgehead atoms. The minimum atomic E-state index is 0.194. The van der Waals surface area contributed by atoms with E-state index in [-0.39, 0.29) is 19.3 Å². The average molecular weight is 175 g/mol. The van der Waals surface area contributed by atoms with E-state index in [2.05, 4.69) is 12.2 Å². The predicted octanol–water partition coefficient (Wildman–Crippen LogP) is 0.508. The number of aliphatic hydroxyl groups is 2. The van der Waals surface area contributed by atoms with Crippen LogP contribution in [-0.2, 0) is 0 Å². The molecule has 3 nitrogen and oxygen atoms in total. The van der Waals surface area contributed by atoms with Crippen LogP contribution in [0.15, 0.2) is 0 Å². The number of hydrogen-bond donors (Lipinski definition) is 3. The molecule has 0 aliphatic carbocycles. The van der Waals surface area contributed by atoms with Gasteiger partial charge < -0.3 is 15.5 Å². The minimum Gasteiger partial charge on any atom is -0.396 e. The summed E-state index contributed by atoms with van der Waals surface area (Å²) in [5.41, 5.74) is 0. The first-order valence-electron chi connectivity index (χ1n) is 4.72. The zero-order chi connectivity index (χ0) is 9.40. The molecule has 3 N–H and O–H groups in total. The van der Waals surface area contributed by atoms with Crippen molar-refractivity contribution >= 4 is 0 Å². The lowest BCUT2D eigenvalue weighted by atomic mass is 10.1. The molecule has 0 fully saturated rings. The van der Waals surface area contributed by atoms with E-state index in [1.54, 1.807) is 0 Å². The molecule has 1 unspecified atom stereocenters. The summed E-state index contributed by atoms with van der Waals surface area (Å²) in [7, 11) is 0. The summed E-state index contributed by atoms with van der Waals surface area (Å²) in [5.74, 6) is 0. The maximum atomic E-state index is 8.89. The van der Waals surface area contributed by atoms with Gasteiger partial charge in [0.2, 0.25) is 0 Å². The highest BCUT2D eigenvalue weighted by atomic mass is 16.3. The fourth-order valence-corrected chi connectivity index (χ4v) is 1.18. The second-order valence-electron chi connectivity index (χ2n) is 3.22. The Hall–Kier alpha value is -0.120. The second kappa shape index (κ2) is 7.53. The fourth-order valence-electron chi connectivity index (χ4n) is 1.18. The molecular weight excluding hydrogens is 154 g/mol. The monoisotopic (exact) mass is 175 g/mol. The molecule has 74 valence electrons. The SMILES string of the molecule is CC[C@H](CO)NC(C)CCCO. The van der Waals surface area contributed by atoms with Crippen LogP contribution in [0.5, 0.6) is 0 Å². The molecule has 0 saturated carbocycles. The molecule has 0 heterocycles. The smallest absolute Gasteiger partial charge is 0.0584 e. The minimum absolute atomic E-state index is 0.194. The van der Waals surface area contributed by atoms with E-state index in [0.29, 0.717) is 6.04 Å². The molecule has 0 aliphatic heterocycles. The Morgan fingerprint density at radius 1 is 1.33 bits per heavy atom. The van der Waals surface area contributed by atoms with E-state index >= 15 is 0 Å². The fraction of sp³-hybridized carbons (Fsp3) is 1.00. The first-order chi connectivity index (χ1) is 5.74. The zero-order valence-corrected chi connectivity index (χ0v) is 8.08. The Kier molecular flexibility index (Phi) is 7.45. The molecule has 0 aromatic heterocycles. The van der Waals surface area contributed by atoms with Gasteiger partial charge in [0.05, 0.1) is 6.61 Å². The highest BCUT2D eigenvalue weighted by Gasteiger charge is 2.07. The van der Waals surface area contributed by atoms with Gasteiger partial charge in [-0.25, -0.2) is 0 Å². The third-order valence-electron chi connectivity index (χ3n) is 2.03. The normalized spacial score (nSPS) is 16.0. The van der Waals surface area contributed by atoms with Crippen LogP contribution in [0.25, 0.3) is 0 Å². The average Bonchev–Trinajstić information content (AvgIpc) is 2.10. The lowest BCUT2D eigenvalue weighted by molar-refractivity contribution is 0.222. The maximum Gasteiger partial charge on any atom is 0.0584 e. The Morgan fingerprint density at radius 3 is 2.42 bits per heavy atom. The first-order valence-corrected chi connectivity index (χ1v) is 4.72. The topological polar surface area (TPSA) is 52.5 Å². The van der Waals surface area contributed by atoms with Gasteiger partial charge in [-0.05, 0) is 26.2 Å². The van der Waals surface area contributed by atoms with Crippen molar-refractivity contribution in [1.29, 1.82) is 0 Å². The molecule has 0 aromatic rings. The molecule has 0 aliphatic rings. The van der Waals surface area contributed by atoms with Crippen molar-refractivity contribution < 1.29 is 10.2 Å². The lowest BCUT2D eigenvalue weighted by Gasteiger charge is -2.19. The Bertz CT molecular complexity index is 94.5. The van der Waals surface area contributed by atoms with Crippen LogP contribution < -0.4 is 5.32 Å². The summed E-state index contributed by atoms with van der Waals surface area (Å²) in [6.45, 7) is 4.57. The van der Waals surface area contributed by atoms with Gasteiger partial charge >= 0.3 is 0 Å². The van der Waals surface area contributed by atoms with Gasteiger partial charge in [0.25, 0.3) is 0 Å². The van der Waals surface area contributed by atoms with Gasteiger partial charge in [0.15, 0.2) is 0 Å². The van der Waals surface area contributed by atoms with Crippen LogP contribution in [0.1, 0.15) is 33.1 Å². The van der Waals surface area contributed by atoms with Crippen molar-refractivity contribution in [3.05, 3.63) is 0 Å². The molecule has 0 amide bonds. The predicted molar refractivity (Wildman–Crippen MR) is 50.1 cm³/mol. The standard InChI is InChI=1S/C9H21NO2/c1-3-9(7-12)10-8(2)5-4-6-11/h8-12H,3-7H2,1-2H3/t8?,9-/m1/s1. The Labute approximate surface area is 74.8 Å². The summed E-state index contributed by atoms with van der Waals surface area (Å²) in [4.78, 5) is 0. The third kappa shape index (κ3) is 5.52. The molecule has 0 aromatic carbocycles. The number of rotatable bonds is 7. The van der Waals surface area contributed by atoms with Crippen LogP contribution in [0, 0.1) is 0 Å². The third-order valence-corrected chi connectivity index (χ3v) is 2.03. The van der Waals surface area contributed by atoms with Crippen LogP contribution in [0.3, 0.4) is 0 Å². The first kappa shape index (κ1) is 11.9. The van der Waals surface area contributed by atoms with Crippen LogP contribution in [-0.4, -0.2) is 35.5 Å². The van der Waals surface area contributed by atoms with Crippen LogP contribution in [0.2, 0.25) is 0 Å². The quantitative estimate of drug-likeness (QED) is 0.528. The van der Waals surface area contributed by atoms with Crippen molar-refractivity contribution in [2.24, 2.45) is 0 Å². The summed E-state index contributed by atoms with van der Waals surface area (Å²) in [5, 5.41) is 20.8. The molecule has 0 rings (SSSR count). The molecule has 2 atom stereocenters. The number of hydrogen-bond acceptors (Lipinski definition) is 3. The van der Waals surface area contributed by atoms with Gasteiger partial charge in [-0.15, -0.1) is 0 Å². The van der Waals surface area contributed by atoms with E-state index in [9.17, 15) is 0 Å². The number of nitrogens with one attached hydrogen (secondary N) is 1. The van der Waals surface area contributed by atoms with Crippen molar-refractivity contribution in [3.8, 4) is 0 Å². The highest BCUT2D eigenvalue weighted by molar-refractivity contribution is 4.68. The summed E-state index contributed by atoms with van der Waals surface area (Å²) in [6, 6.07) is 0.591. The molecule has 0 spiro atoms. The van der Waals surface area contributed by atoms with E-state index in [4.69, 9.17) is 10.2 Å². The molecule has 0 radical (unpaired) electrons. The van der Waals surface area contributed by atoms with Crippen molar-refractivity contribution in [3.63, 3.8) is 0 Å². The molecule has 3 heteroatoms. The van der Waals surface area contributed by atoms with E-state index in [1.165, 1.54) is 0 Å². The van der Waals surface area contributed by atoms with Gasteiger partial charge in [-0.2, -0.15) is 0 Å². The van der Waals surface area contributed by atoms with Gasteiger partial charge in [-0.1, -0.05) is 6.92 Å². The largest absolute Gasteiger partial charge is 0.396 e. The molecular formula is C9H21NO2. The summed E-state index contributed by atoms with van der Waals surface area (Å²) < 4.78 is 0. The van der Waals surface area contributed by atoms with Crippen LogP contribution in [0.4, 0.5) is 0 Å². The van der Waals surface area contributed by atoms with E-state index < -0.39 is 0 Å². The maximum absolute atomic E-state index is 8.89. The van der Waals surface area contributed by atoms with Crippen molar-refractivity contribution in [1.82, 2.24) is 5.32 Å². The van der Waals surface area contributed by atoms with E-state index in [1.807, 2.05) is 6.92 Å². The zero-order valence-electron chi connectivity index (χ0n) is 8.08. The van der Waals surface area contributed by atoms with Crippen molar-refractivity contribution in [2.45, 2.75) is 45.2 Å². The summed E-state index contributed by atoms with van der Waals surface area (Å²) in [6.07, 6.45) is 2.74. The Morgan fingerprint density at radius 2 is 2.00 bits per heavy atom. The van der Waals surface area contributed by atoms with Crippen LogP contribution >= 0.6 is 0 Å². The van der Waals surface area contributed by atoms with Gasteiger partial charge in [0, 0.05) is 18.7 Å². The number of aliphatic hydroxyl groups excluding tert-OH is 2. The molecule has 12 heavy (non-hydrogen) atoms. The lowest BCUT2D eigenvalue weighted by Crippen LogP contribution is -2.38. The summed E-state index contributed by atoms with van der Waals surface area (Å²) >= 11 is 0. The van der Waals surface area contributed by atoms with Gasteiger partial charge in [0.1, 0.15) is 0 Å². The second-order valence-corrected chi connectivity index (χ2v) is 3.22. The Balaban J connectivity index is 3.44. The van der Waals surface area contributed by atoms with E-state index in [0.717, 1.165) is 19.3 Å². The highest BCUT2D eigenvalue weighted by Crippen LogP contribution is 1.98.